The molecular formula is C21H29N5O4. The number of piperidine rings is 1. The van der Waals surface area contributed by atoms with E-state index in [9.17, 15) is 19.5 Å². The third kappa shape index (κ3) is 3.80. The number of amides is 3. The standard InChI is InChI=1S/C21H29N5O4/c1-22-8-3-9-24-10-12-25(13-11-24)15-5-2-4-14-18(15)21(30)26(20(14)29)16-6-7-17(27)23-19(16)28/h2,4-5,16,20,22,29H,3,6-13H2,1H3,(H,23,27,28). The topological polar surface area (TPSA) is 105 Å². The van der Waals surface area contributed by atoms with Gasteiger partial charge in [0.2, 0.25) is 11.8 Å². The fraction of sp³-hybridized carbons (Fsp3) is 0.571. The Kier molecular flexibility index (Phi) is 6.03. The monoisotopic (exact) mass is 415 g/mol. The van der Waals surface area contributed by atoms with Crippen molar-refractivity contribution in [2.45, 2.75) is 31.5 Å². The molecule has 162 valence electrons. The Hall–Kier alpha value is -2.49. The summed E-state index contributed by atoms with van der Waals surface area (Å²) in [6.07, 6.45) is 0.301. The van der Waals surface area contributed by atoms with Crippen molar-refractivity contribution in [3.8, 4) is 0 Å². The van der Waals surface area contributed by atoms with E-state index in [0.717, 1.165) is 51.4 Å². The maximum atomic E-state index is 13.3. The van der Waals surface area contributed by atoms with Gasteiger partial charge in [0.25, 0.3) is 5.91 Å². The lowest BCUT2D eigenvalue weighted by Crippen LogP contribution is -2.53. The Bertz CT molecular complexity index is 837. The van der Waals surface area contributed by atoms with E-state index >= 15 is 0 Å². The summed E-state index contributed by atoms with van der Waals surface area (Å²) in [4.78, 5) is 42.9. The third-order valence-corrected chi connectivity index (χ3v) is 6.22. The molecule has 2 atom stereocenters. The highest BCUT2D eigenvalue weighted by Gasteiger charge is 2.45. The Morgan fingerprint density at radius 1 is 1.17 bits per heavy atom. The molecule has 2 unspecified atom stereocenters. The second-order valence-corrected chi connectivity index (χ2v) is 8.08. The minimum Gasteiger partial charge on any atom is -0.369 e. The molecular weight excluding hydrogens is 386 g/mol. The largest absolute Gasteiger partial charge is 0.369 e. The first-order valence-corrected chi connectivity index (χ1v) is 10.6. The number of piperazine rings is 1. The van der Waals surface area contributed by atoms with Crippen LogP contribution in [0.15, 0.2) is 18.2 Å². The molecule has 0 saturated carbocycles. The smallest absolute Gasteiger partial charge is 0.259 e. The number of nitrogens with one attached hydrogen (secondary N) is 2. The van der Waals surface area contributed by atoms with Crippen LogP contribution in [0.3, 0.4) is 0 Å². The molecule has 3 N–H and O–H groups in total. The lowest BCUT2D eigenvalue weighted by atomic mass is 10.0. The zero-order valence-electron chi connectivity index (χ0n) is 17.3. The van der Waals surface area contributed by atoms with Crippen molar-refractivity contribution in [1.82, 2.24) is 20.4 Å². The zero-order valence-corrected chi connectivity index (χ0v) is 17.3. The summed E-state index contributed by atoms with van der Waals surface area (Å²) in [6.45, 7) is 5.48. The van der Waals surface area contributed by atoms with Crippen molar-refractivity contribution < 1.29 is 19.5 Å². The van der Waals surface area contributed by atoms with Crippen molar-refractivity contribution in [2.75, 3.05) is 51.2 Å². The summed E-state index contributed by atoms with van der Waals surface area (Å²) >= 11 is 0. The van der Waals surface area contributed by atoms with Crippen molar-refractivity contribution >= 4 is 23.4 Å². The first-order chi connectivity index (χ1) is 14.5. The van der Waals surface area contributed by atoms with Gasteiger partial charge in [0, 0.05) is 38.2 Å². The molecule has 1 aromatic carbocycles. The molecule has 9 heteroatoms. The van der Waals surface area contributed by atoms with Gasteiger partial charge in [-0.25, -0.2) is 0 Å². The first-order valence-electron chi connectivity index (χ1n) is 10.6. The van der Waals surface area contributed by atoms with Gasteiger partial charge in [-0.2, -0.15) is 0 Å². The van der Waals surface area contributed by atoms with Crippen LogP contribution in [0.25, 0.3) is 0 Å². The molecule has 1 aromatic rings. The number of nitrogens with zero attached hydrogens (tertiary/aromatic N) is 3. The van der Waals surface area contributed by atoms with E-state index in [0.29, 0.717) is 11.1 Å². The van der Waals surface area contributed by atoms with Gasteiger partial charge < -0.3 is 15.3 Å². The molecule has 2 fully saturated rings. The van der Waals surface area contributed by atoms with Crippen LogP contribution >= 0.6 is 0 Å². The molecule has 30 heavy (non-hydrogen) atoms. The molecule has 3 amide bonds. The minimum absolute atomic E-state index is 0.158. The lowest BCUT2D eigenvalue weighted by molar-refractivity contribution is -0.139. The van der Waals surface area contributed by atoms with Crippen LogP contribution in [0, 0.1) is 0 Å². The molecule has 9 nitrogen and oxygen atoms in total. The number of benzene rings is 1. The average Bonchev–Trinajstić information content (AvgIpc) is 3.00. The number of hydrogen-bond acceptors (Lipinski definition) is 7. The lowest BCUT2D eigenvalue weighted by Gasteiger charge is -2.37. The molecule has 3 heterocycles. The fourth-order valence-electron chi connectivity index (χ4n) is 4.61. The fourth-order valence-corrected chi connectivity index (χ4v) is 4.61. The van der Waals surface area contributed by atoms with Crippen LogP contribution in [0.4, 0.5) is 5.69 Å². The van der Waals surface area contributed by atoms with Gasteiger partial charge in [0.05, 0.1) is 11.3 Å². The molecule has 3 aliphatic rings. The zero-order chi connectivity index (χ0) is 21.3. The Labute approximate surface area is 176 Å². The van der Waals surface area contributed by atoms with Gasteiger partial charge >= 0.3 is 0 Å². The molecule has 0 spiro atoms. The number of carbonyl (C=O) groups excluding carboxylic acids is 3. The quantitative estimate of drug-likeness (QED) is 0.432. The third-order valence-electron chi connectivity index (χ3n) is 6.22. The maximum Gasteiger partial charge on any atom is 0.259 e. The van der Waals surface area contributed by atoms with E-state index < -0.39 is 18.2 Å². The van der Waals surface area contributed by atoms with Crippen molar-refractivity contribution in [3.63, 3.8) is 0 Å². The Balaban J connectivity index is 1.51. The van der Waals surface area contributed by atoms with Crippen molar-refractivity contribution in [3.05, 3.63) is 29.3 Å². The highest BCUT2D eigenvalue weighted by atomic mass is 16.3. The summed E-state index contributed by atoms with van der Waals surface area (Å²) in [5, 5.41) is 16.3. The van der Waals surface area contributed by atoms with Crippen LogP contribution in [0.1, 0.15) is 41.4 Å². The maximum absolute atomic E-state index is 13.3. The van der Waals surface area contributed by atoms with Crippen molar-refractivity contribution in [2.24, 2.45) is 0 Å². The van der Waals surface area contributed by atoms with Crippen LogP contribution in [-0.4, -0.2) is 85.0 Å². The highest BCUT2D eigenvalue weighted by molar-refractivity contribution is 6.08. The van der Waals surface area contributed by atoms with E-state index in [2.05, 4.69) is 20.4 Å². The number of carbonyl (C=O) groups is 3. The molecule has 4 rings (SSSR count). The number of imide groups is 1. The van der Waals surface area contributed by atoms with Gasteiger partial charge in [0.15, 0.2) is 6.23 Å². The van der Waals surface area contributed by atoms with Gasteiger partial charge in [-0.05, 0) is 39.0 Å². The van der Waals surface area contributed by atoms with E-state index in [-0.39, 0.29) is 24.7 Å². The van der Waals surface area contributed by atoms with Crippen LogP contribution in [-0.2, 0) is 9.59 Å². The molecule has 0 radical (unpaired) electrons. The first kappa shape index (κ1) is 20.8. The number of hydrogen-bond donors (Lipinski definition) is 3. The highest BCUT2D eigenvalue weighted by Crippen LogP contribution is 2.40. The van der Waals surface area contributed by atoms with Crippen LogP contribution in [0.5, 0.6) is 0 Å². The van der Waals surface area contributed by atoms with Crippen LogP contribution < -0.4 is 15.5 Å². The predicted octanol–water partition coefficient (Wildman–Crippen LogP) is -0.330. The van der Waals surface area contributed by atoms with E-state index in [1.807, 2.05) is 19.2 Å². The Morgan fingerprint density at radius 3 is 2.63 bits per heavy atom. The number of anilines is 1. The summed E-state index contributed by atoms with van der Waals surface area (Å²) in [5.41, 5.74) is 1.80. The van der Waals surface area contributed by atoms with Gasteiger partial charge in [-0.15, -0.1) is 0 Å². The second kappa shape index (κ2) is 8.71. The van der Waals surface area contributed by atoms with Crippen molar-refractivity contribution in [1.29, 1.82) is 0 Å². The molecule has 0 bridgehead atoms. The number of aliphatic hydroxyl groups excluding tert-OH is 1. The molecule has 2 saturated heterocycles. The molecule has 0 aromatic heterocycles. The number of rotatable bonds is 6. The van der Waals surface area contributed by atoms with E-state index in [4.69, 9.17) is 0 Å². The summed E-state index contributed by atoms with van der Waals surface area (Å²) < 4.78 is 0. The predicted molar refractivity (Wildman–Crippen MR) is 111 cm³/mol. The average molecular weight is 415 g/mol. The summed E-state index contributed by atoms with van der Waals surface area (Å²) in [6, 6.07) is 4.65. The summed E-state index contributed by atoms with van der Waals surface area (Å²) in [5.74, 6) is -1.22. The number of aliphatic hydroxyl groups is 1. The van der Waals surface area contributed by atoms with Gasteiger partial charge in [-0.1, -0.05) is 12.1 Å². The molecule has 0 aliphatic carbocycles. The molecule has 3 aliphatic heterocycles. The van der Waals surface area contributed by atoms with Gasteiger partial charge in [0.1, 0.15) is 6.04 Å². The van der Waals surface area contributed by atoms with E-state index in [1.54, 1.807) is 6.07 Å². The summed E-state index contributed by atoms with van der Waals surface area (Å²) in [7, 11) is 1.96. The number of fused-ring (bicyclic) bond motifs is 1. The Morgan fingerprint density at radius 2 is 1.93 bits per heavy atom. The normalized spacial score (nSPS) is 24.9. The van der Waals surface area contributed by atoms with E-state index in [1.165, 1.54) is 4.90 Å². The van der Waals surface area contributed by atoms with Crippen LogP contribution in [0.2, 0.25) is 0 Å². The minimum atomic E-state index is -1.18. The second-order valence-electron chi connectivity index (χ2n) is 8.08. The van der Waals surface area contributed by atoms with Gasteiger partial charge in [-0.3, -0.25) is 29.5 Å². The SMILES string of the molecule is CNCCCN1CCN(c2cccc3c2C(=O)N(C2CCC(=O)NC2=O)C3O)CC1.